The Bertz CT molecular complexity index is 365. The Balaban J connectivity index is 0.00000361. The number of unbranched alkanes of at least 4 members (excludes halogenated alkanes) is 4. The molecule has 106 valence electrons. The number of rotatable bonds is 10. The van der Waals surface area contributed by atoms with Gasteiger partial charge >= 0.3 is 29.6 Å². The summed E-state index contributed by atoms with van der Waals surface area (Å²) in [6, 6.07) is 6.93. The summed E-state index contributed by atoms with van der Waals surface area (Å²) >= 11 is 0. The number of carboxylic acid groups (broad SMARTS) is 1. The maximum atomic E-state index is 10.2. The van der Waals surface area contributed by atoms with E-state index in [1.807, 2.05) is 0 Å². The zero-order valence-electron chi connectivity index (χ0n) is 12.4. The van der Waals surface area contributed by atoms with E-state index in [0.29, 0.717) is 12.4 Å². The molecule has 20 heavy (non-hydrogen) atoms. The van der Waals surface area contributed by atoms with E-state index in [0.717, 1.165) is 12.2 Å². The van der Waals surface area contributed by atoms with Crippen molar-refractivity contribution >= 4 is 5.97 Å². The van der Waals surface area contributed by atoms with Crippen molar-refractivity contribution in [1.82, 2.24) is 0 Å². The largest absolute Gasteiger partial charge is 1.00 e. The third kappa shape index (κ3) is 9.23. The summed E-state index contributed by atoms with van der Waals surface area (Å²) in [6.07, 6.45) is 6.04. The van der Waals surface area contributed by atoms with Crippen molar-refractivity contribution < 1.29 is 48.9 Å². The third-order valence-corrected chi connectivity index (χ3v) is 2.70. The summed E-state index contributed by atoms with van der Waals surface area (Å²) in [5.74, 6) is 0.0446. The molecule has 0 radical (unpaired) electrons. The van der Waals surface area contributed by atoms with Crippen LogP contribution in [0.25, 0.3) is 0 Å². The number of carbonyl (C=O) groups is 1. The second-order valence-electron chi connectivity index (χ2n) is 4.39. The monoisotopic (exact) mass is 288 g/mol. The molecule has 0 heterocycles. The Morgan fingerprint density at radius 1 is 1.00 bits per heavy atom. The van der Waals surface area contributed by atoms with Gasteiger partial charge in [-0.1, -0.05) is 32.6 Å². The summed E-state index contributed by atoms with van der Waals surface area (Å²) in [5.41, 5.74) is 0. The fourth-order valence-electron chi connectivity index (χ4n) is 1.67. The number of hydrogen-bond donors (Lipinski definition) is 0. The average Bonchev–Trinajstić information content (AvgIpc) is 2.41. The molecule has 1 rings (SSSR count). The van der Waals surface area contributed by atoms with Crippen LogP contribution < -0.4 is 44.1 Å². The zero-order chi connectivity index (χ0) is 13.9. The minimum absolute atomic E-state index is 0. The topological polar surface area (TPSA) is 58.6 Å². The zero-order valence-corrected chi connectivity index (χ0v) is 14.4. The molecule has 0 bridgehead atoms. The van der Waals surface area contributed by atoms with Crippen LogP contribution in [0.3, 0.4) is 0 Å². The van der Waals surface area contributed by atoms with Gasteiger partial charge in [0.05, 0.1) is 12.6 Å². The van der Waals surface area contributed by atoms with Gasteiger partial charge in [0.15, 0.2) is 0 Å². The molecule has 0 aliphatic heterocycles. The van der Waals surface area contributed by atoms with E-state index in [1.54, 1.807) is 24.3 Å². The molecule has 0 aliphatic rings. The van der Waals surface area contributed by atoms with Gasteiger partial charge in [0.1, 0.15) is 18.1 Å². The van der Waals surface area contributed by atoms with Crippen molar-refractivity contribution in [2.75, 3.05) is 13.2 Å². The second kappa shape index (κ2) is 12.1. The van der Waals surface area contributed by atoms with Crippen LogP contribution in [-0.2, 0) is 4.79 Å². The maximum absolute atomic E-state index is 10.2. The molecular weight excluding hydrogens is 267 g/mol. The summed E-state index contributed by atoms with van der Waals surface area (Å²) in [6.45, 7) is 2.47. The van der Waals surface area contributed by atoms with E-state index in [2.05, 4.69) is 6.92 Å². The van der Waals surface area contributed by atoms with Crippen LogP contribution in [0.1, 0.15) is 39.0 Å². The third-order valence-electron chi connectivity index (χ3n) is 2.70. The Hall–Kier alpha value is -0.710. The van der Waals surface area contributed by atoms with Gasteiger partial charge in [-0.25, -0.2) is 0 Å². The molecule has 0 atom stereocenters. The number of hydrogen-bond acceptors (Lipinski definition) is 4. The molecule has 0 aliphatic carbocycles. The summed E-state index contributed by atoms with van der Waals surface area (Å²) in [4.78, 5) is 10.2. The van der Waals surface area contributed by atoms with Crippen LogP contribution in [-0.4, -0.2) is 19.2 Å². The van der Waals surface area contributed by atoms with E-state index in [-0.39, 0.29) is 29.6 Å². The Kier molecular flexibility index (Phi) is 11.6. The number of carboxylic acids is 1. The summed E-state index contributed by atoms with van der Waals surface area (Å²) < 4.78 is 10.6. The molecular formula is C15H21NaO4. The Labute approximate surface area is 142 Å². The van der Waals surface area contributed by atoms with Crippen molar-refractivity contribution in [2.45, 2.75) is 39.0 Å². The number of ether oxygens (including phenoxy) is 2. The Morgan fingerprint density at radius 2 is 1.55 bits per heavy atom. The summed E-state index contributed by atoms with van der Waals surface area (Å²) in [5, 5.41) is 10.2. The maximum Gasteiger partial charge on any atom is 1.00 e. The molecule has 1 aromatic rings. The molecule has 0 saturated carbocycles. The van der Waals surface area contributed by atoms with Crippen molar-refractivity contribution in [3.63, 3.8) is 0 Å². The first-order valence-electron chi connectivity index (χ1n) is 6.78. The van der Waals surface area contributed by atoms with Gasteiger partial charge < -0.3 is 19.4 Å². The van der Waals surface area contributed by atoms with Gasteiger partial charge in [0, 0.05) is 0 Å². The van der Waals surface area contributed by atoms with Crippen LogP contribution in [0.5, 0.6) is 11.5 Å². The van der Waals surface area contributed by atoms with Crippen LogP contribution in [0, 0.1) is 0 Å². The molecule has 0 aromatic heterocycles. The molecule has 1 aromatic carbocycles. The van der Waals surface area contributed by atoms with Crippen molar-refractivity contribution in [3.8, 4) is 11.5 Å². The minimum Gasteiger partial charge on any atom is -0.546 e. The first kappa shape index (κ1) is 19.3. The predicted octanol–water partition coefficient (Wildman–Crippen LogP) is -0.831. The fraction of sp³-hybridized carbons (Fsp3) is 0.533. The van der Waals surface area contributed by atoms with Crippen LogP contribution in [0.2, 0.25) is 0 Å². The van der Waals surface area contributed by atoms with E-state index in [4.69, 9.17) is 9.47 Å². The molecule has 4 nitrogen and oxygen atoms in total. The van der Waals surface area contributed by atoms with Crippen LogP contribution in [0.4, 0.5) is 0 Å². The van der Waals surface area contributed by atoms with Gasteiger partial charge in [0.2, 0.25) is 0 Å². The quantitative estimate of drug-likeness (QED) is 0.416. The molecule has 0 spiro atoms. The van der Waals surface area contributed by atoms with Gasteiger partial charge in [-0.2, -0.15) is 0 Å². The molecule has 0 fully saturated rings. The normalized spacial score (nSPS) is 9.65. The van der Waals surface area contributed by atoms with Gasteiger partial charge in [0.25, 0.3) is 0 Å². The van der Waals surface area contributed by atoms with E-state index < -0.39 is 12.6 Å². The second-order valence-corrected chi connectivity index (χ2v) is 4.39. The molecule has 5 heteroatoms. The van der Waals surface area contributed by atoms with Gasteiger partial charge in [-0.15, -0.1) is 0 Å². The van der Waals surface area contributed by atoms with Crippen LogP contribution >= 0.6 is 0 Å². The molecule has 0 saturated heterocycles. The first-order valence-corrected chi connectivity index (χ1v) is 6.78. The van der Waals surface area contributed by atoms with Crippen LogP contribution in [0.15, 0.2) is 24.3 Å². The van der Waals surface area contributed by atoms with Crippen molar-refractivity contribution in [3.05, 3.63) is 24.3 Å². The summed E-state index contributed by atoms with van der Waals surface area (Å²) in [7, 11) is 0. The molecule has 0 N–H and O–H groups in total. The predicted molar refractivity (Wildman–Crippen MR) is 71.2 cm³/mol. The van der Waals surface area contributed by atoms with E-state index in [9.17, 15) is 9.90 Å². The first-order chi connectivity index (χ1) is 9.22. The smallest absolute Gasteiger partial charge is 0.546 e. The van der Waals surface area contributed by atoms with Crippen molar-refractivity contribution in [2.24, 2.45) is 0 Å². The van der Waals surface area contributed by atoms with Gasteiger partial charge in [-0.3, -0.25) is 0 Å². The Morgan fingerprint density at radius 3 is 2.10 bits per heavy atom. The SMILES string of the molecule is CCCCCCCOc1ccc(OCC(=O)[O-])cc1.[Na+]. The van der Waals surface area contributed by atoms with E-state index in [1.165, 1.54) is 25.7 Å². The number of aliphatic carboxylic acids is 1. The van der Waals surface area contributed by atoms with Crippen molar-refractivity contribution in [1.29, 1.82) is 0 Å². The number of benzene rings is 1. The molecule has 0 unspecified atom stereocenters. The van der Waals surface area contributed by atoms with Gasteiger partial charge in [-0.05, 0) is 30.7 Å². The minimum atomic E-state index is -1.23. The van der Waals surface area contributed by atoms with E-state index >= 15 is 0 Å². The fourth-order valence-corrected chi connectivity index (χ4v) is 1.67. The number of carbonyl (C=O) groups excluding carboxylic acids is 1. The standard InChI is InChI=1S/C15H22O4.Na/c1-2-3-4-5-6-11-18-13-7-9-14(10-8-13)19-12-15(16)17;/h7-10H,2-6,11-12H2,1H3,(H,16,17);/q;+1/p-1. The average molecular weight is 288 g/mol. The molecule has 0 amide bonds.